The smallest absolute Gasteiger partial charge is 0.202 e. The summed E-state index contributed by atoms with van der Waals surface area (Å²) < 4.78 is 12.8. The largest absolute Gasteiger partial charge is 0.455 e. The van der Waals surface area contributed by atoms with E-state index in [9.17, 15) is 0 Å². The lowest BCUT2D eigenvalue weighted by Gasteiger charge is -2.15. The van der Waals surface area contributed by atoms with E-state index in [-0.39, 0.29) is 0 Å². The molecular weight excluding hydrogens is 544 g/mol. The van der Waals surface area contributed by atoms with E-state index >= 15 is 0 Å². The number of rotatable bonds is 4. The maximum Gasteiger partial charge on any atom is 0.202 e. The van der Waals surface area contributed by atoms with Crippen molar-refractivity contribution in [2.45, 2.75) is 0 Å². The highest BCUT2D eigenvalue weighted by atomic mass is 16.4. The van der Waals surface area contributed by atoms with E-state index in [0.29, 0.717) is 29.9 Å². The zero-order chi connectivity index (χ0) is 29.0. The first-order valence-corrected chi connectivity index (χ1v) is 14.6. The van der Waals surface area contributed by atoms with E-state index in [2.05, 4.69) is 53.9 Å². The second kappa shape index (κ2) is 9.78. The molecule has 3 aromatic heterocycles. The number of furan rings is 2. The van der Waals surface area contributed by atoms with Gasteiger partial charge in [0.2, 0.25) is 5.88 Å². The highest BCUT2D eigenvalue weighted by Gasteiger charge is 2.25. The molecule has 0 unspecified atom stereocenters. The third kappa shape index (κ3) is 3.92. The van der Waals surface area contributed by atoms with Gasteiger partial charge in [0.15, 0.2) is 17.5 Å². The molecule has 1 aliphatic heterocycles. The van der Waals surface area contributed by atoms with Crippen LogP contribution in [0.5, 0.6) is 0 Å². The number of anilines is 1. The summed E-state index contributed by atoms with van der Waals surface area (Å²) in [5, 5.41) is 6.62. The molecule has 208 valence electrons. The van der Waals surface area contributed by atoms with Gasteiger partial charge in [-0.25, -0.2) is 15.0 Å². The third-order valence-corrected chi connectivity index (χ3v) is 8.18. The fourth-order valence-electron chi connectivity index (χ4n) is 6.11. The molecule has 0 atom stereocenters. The Kier molecular flexibility index (Phi) is 5.46. The van der Waals surface area contributed by atoms with Gasteiger partial charge in [-0.2, -0.15) is 0 Å². The molecular formula is C38H24N4O2. The topological polar surface area (TPSA) is 77.0 Å². The van der Waals surface area contributed by atoms with Crippen LogP contribution in [0, 0.1) is 0 Å². The standard InChI is InChI=1S/C38H24N4O2/c1-3-10-23(11-4-1)35-40-36(24-12-5-2-6-13-24)42-37(41-35)30-20-21-39-38-33(30)29-19-18-25(22-32(29)44-38)26-15-9-16-28-27-14-7-8-17-31(27)43-34(26)28/h1-20,22,39H,21H2. The normalized spacial score (nSPS) is 12.8. The van der Waals surface area contributed by atoms with E-state index < -0.39 is 0 Å². The van der Waals surface area contributed by atoms with Gasteiger partial charge in [0.25, 0.3) is 0 Å². The first-order valence-electron chi connectivity index (χ1n) is 14.6. The molecule has 0 saturated carbocycles. The second-order valence-electron chi connectivity index (χ2n) is 10.8. The molecule has 0 aliphatic carbocycles. The van der Waals surface area contributed by atoms with E-state index in [1.165, 1.54) is 0 Å². The van der Waals surface area contributed by atoms with Gasteiger partial charge in [0.05, 0.1) is 5.56 Å². The monoisotopic (exact) mass is 568 g/mol. The lowest BCUT2D eigenvalue weighted by atomic mass is 9.97. The Hall–Kier alpha value is -6.01. The summed E-state index contributed by atoms with van der Waals surface area (Å²) >= 11 is 0. The predicted octanol–water partition coefficient (Wildman–Crippen LogP) is 9.38. The first-order chi connectivity index (χ1) is 21.8. The summed E-state index contributed by atoms with van der Waals surface area (Å²) in [5.74, 6) is 2.58. The van der Waals surface area contributed by atoms with Gasteiger partial charge in [-0.3, -0.25) is 0 Å². The van der Waals surface area contributed by atoms with Crippen LogP contribution in [0.3, 0.4) is 0 Å². The van der Waals surface area contributed by atoms with Crippen molar-refractivity contribution in [3.8, 4) is 33.9 Å². The molecule has 0 fully saturated rings. The average molecular weight is 569 g/mol. The van der Waals surface area contributed by atoms with Crippen LogP contribution in [0.15, 0.2) is 136 Å². The molecule has 8 aromatic rings. The molecule has 6 heteroatoms. The minimum absolute atomic E-state index is 0.598. The molecule has 0 radical (unpaired) electrons. The number of fused-ring (bicyclic) bond motifs is 6. The number of nitrogens with one attached hydrogen (secondary N) is 1. The average Bonchev–Trinajstić information content (AvgIpc) is 3.67. The van der Waals surface area contributed by atoms with Crippen molar-refractivity contribution in [3.05, 3.63) is 139 Å². The lowest BCUT2D eigenvalue weighted by molar-refractivity contribution is 0.627. The van der Waals surface area contributed by atoms with Crippen molar-refractivity contribution >= 4 is 44.4 Å². The summed E-state index contributed by atoms with van der Waals surface area (Å²) in [4.78, 5) is 14.8. The molecule has 0 amide bonds. The number of benzene rings is 5. The molecule has 6 nitrogen and oxygen atoms in total. The Morgan fingerprint density at radius 3 is 1.98 bits per heavy atom. The molecule has 1 N–H and O–H groups in total. The SMILES string of the molecule is C1=C(c2nc(-c3ccccc3)nc(-c3ccccc3)n2)c2c(oc3cc(-c4cccc5c4oc4ccccc45)ccc23)NC1. The van der Waals surface area contributed by atoms with Crippen LogP contribution in [0.25, 0.3) is 72.4 Å². The van der Waals surface area contributed by atoms with Gasteiger partial charge in [-0.05, 0) is 23.8 Å². The molecule has 5 aromatic carbocycles. The number of para-hydroxylation sites is 2. The fraction of sp³-hybridized carbons (Fsp3) is 0.0263. The van der Waals surface area contributed by atoms with Crippen molar-refractivity contribution in [3.63, 3.8) is 0 Å². The fourth-order valence-corrected chi connectivity index (χ4v) is 6.11. The second-order valence-corrected chi connectivity index (χ2v) is 10.8. The molecule has 4 heterocycles. The number of hydrogen-bond donors (Lipinski definition) is 1. The van der Waals surface area contributed by atoms with E-state index in [4.69, 9.17) is 23.8 Å². The number of hydrogen-bond acceptors (Lipinski definition) is 6. The maximum absolute atomic E-state index is 6.45. The van der Waals surface area contributed by atoms with Gasteiger partial charge >= 0.3 is 0 Å². The summed E-state index contributed by atoms with van der Waals surface area (Å²) in [6, 6.07) is 40.8. The molecule has 0 saturated heterocycles. The Morgan fingerprint density at radius 2 is 1.20 bits per heavy atom. The predicted molar refractivity (Wildman–Crippen MR) is 175 cm³/mol. The summed E-state index contributed by atoms with van der Waals surface area (Å²) in [6.45, 7) is 0.598. The molecule has 9 rings (SSSR count). The third-order valence-electron chi connectivity index (χ3n) is 8.18. The Labute approximate surface area is 252 Å². The van der Waals surface area contributed by atoms with E-state index in [0.717, 1.165) is 66.3 Å². The van der Waals surface area contributed by atoms with Crippen LogP contribution >= 0.6 is 0 Å². The maximum atomic E-state index is 6.45. The van der Waals surface area contributed by atoms with Crippen LogP contribution in [-0.2, 0) is 0 Å². The lowest BCUT2D eigenvalue weighted by Crippen LogP contribution is -2.10. The highest BCUT2D eigenvalue weighted by Crippen LogP contribution is 2.43. The van der Waals surface area contributed by atoms with Crippen LogP contribution in [0.2, 0.25) is 0 Å². The number of aromatic nitrogens is 3. The quantitative estimate of drug-likeness (QED) is 0.228. The zero-order valence-corrected chi connectivity index (χ0v) is 23.5. The van der Waals surface area contributed by atoms with Crippen molar-refractivity contribution in [2.75, 3.05) is 11.9 Å². The van der Waals surface area contributed by atoms with E-state index in [1.807, 2.05) is 78.9 Å². The van der Waals surface area contributed by atoms with Gasteiger partial charge < -0.3 is 14.2 Å². The molecule has 44 heavy (non-hydrogen) atoms. The van der Waals surface area contributed by atoms with Crippen molar-refractivity contribution < 1.29 is 8.83 Å². The Morgan fingerprint density at radius 1 is 0.523 bits per heavy atom. The van der Waals surface area contributed by atoms with Crippen molar-refractivity contribution in [1.82, 2.24) is 15.0 Å². The van der Waals surface area contributed by atoms with Crippen LogP contribution in [0.1, 0.15) is 11.4 Å². The summed E-state index contributed by atoms with van der Waals surface area (Å²) in [6.07, 6.45) is 2.12. The van der Waals surface area contributed by atoms with Gasteiger partial charge in [-0.1, -0.05) is 109 Å². The molecule has 1 aliphatic rings. The summed E-state index contributed by atoms with van der Waals surface area (Å²) in [7, 11) is 0. The number of nitrogens with zero attached hydrogens (tertiary/aromatic N) is 3. The van der Waals surface area contributed by atoms with Crippen molar-refractivity contribution in [2.24, 2.45) is 0 Å². The Balaban J connectivity index is 1.19. The van der Waals surface area contributed by atoms with Gasteiger partial charge in [0.1, 0.15) is 16.7 Å². The van der Waals surface area contributed by atoms with Crippen LogP contribution in [-0.4, -0.2) is 21.5 Å². The van der Waals surface area contributed by atoms with Gasteiger partial charge in [-0.15, -0.1) is 0 Å². The zero-order valence-electron chi connectivity index (χ0n) is 23.5. The minimum atomic E-state index is 0.598. The van der Waals surface area contributed by atoms with Crippen LogP contribution < -0.4 is 5.32 Å². The first kappa shape index (κ1) is 24.6. The van der Waals surface area contributed by atoms with E-state index in [1.54, 1.807) is 0 Å². The van der Waals surface area contributed by atoms with Crippen LogP contribution in [0.4, 0.5) is 5.88 Å². The van der Waals surface area contributed by atoms with Gasteiger partial charge in [0, 0.05) is 45.0 Å². The molecule has 0 spiro atoms. The Bertz CT molecular complexity index is 2330. The highest BCUT2D eigenvalue weighted by molar-refractivity contribution is 6.10. The van der Waals surface area contributed by atoms with Crippen molar-refractivity contribution in [1.29, 1.82) is 0 Å². The summed E-state index contributed by atoms with van der Waals surface area (Å²) in [5.41, 5.74) is 8.31. The molecule has 0 bridgehead atoms. The minimum Gasteiger partial charge on any atom is -0.455 e.